The molecule has 0 aromatic rings. The van der Waals surface area contributed by atoms with Crippen molar-refractivity contribution in [2.24, 2.45) is 0 Å². The number of rotatable bonds is 8. The van der Waals surface area contributed by atoms with Crippen molar-refractivity contribution in [3.05, 3.63) is 0 Å². The zero-order chi connectivity index (χ0) is 15.8. The van der Waals surface area contributed by atoms with Gasteiger partial charge >= 0.3 is 0 Å². The van der Waals surface area contributed by atoms with Crippen LogP contribution in [0.2, 0.25) is 0 Å². The van der Waals surface area contributed by atoms with E-state index in [9.17, 15) is 4.57 Å². The molecule has 1 aliphatic carbocycles. The average Bonchev–Trinajstić information content (AvgIpc) is 2.56. The molecule has 1 atom stereocenters. The Kier molecular flexibility index (Phi) is 8.48. The highest BCUT2D eigenvalue weighted by molar-refractivity contribution is 7.57. The van der Waals surface area contributed by atoms with Crippen molar-refractivity contribution in [1.29, 1.82) is 0 Å². The fourth-order valence-corrected chi connectivity index (χ4v) is 6.72. The van der Waals surface area contributed by atoms with Crippen molar-refractivity contribution < 1.29 is 9.30 Å². The monoisotopic (exact) mass is 371 g/mol. The van der Waals surface area contributed by atoms with Crippen molar-refractivity contribution in [3.63, 3.8) is 0 Å². The van der Waals surface area contributed by atoms with Crippen molar-refractivity contribution in [2.45, 2.75) is 38.1 Å². The van der Waals surface area contributed by atoms with Crippen LogP contribution in [-0.4, -0.2) is 66.5 Å². The summed E-state index contributed by atoms with van der Waals surface area (Å²) in [6.45, 7) is 3.82. The van der Waals surface area contributed by atoms with Crippen LogP contribution in [0.1, 0.15) is 32.1 Å². The van der Waals surface area contributed by atoms with Gasteiger partial charge in [0.1, 0.15) is 0 Å². The summed E-state index contributed by atoms with van der Waals surface area (Å²) in [5.41, 5.74) is 0. The molecular formula is C14H28Cl2N3O2P. The van der Waals surface area contributed by atoms with Crippen molar-refractivity contribution in [3.8, 4) is 0 Å². The molecule has 1 aliphatic heterocycles. The minimum absolute atomic E-state index is 0.329. The van der Waals surface area contributed by atoms with Gasteiger partial charge in [-0.25, -0.2) is 14.4 Å². The van der Waals surface area contributed by atoms with Gasteiger partial charge in [-0.05, 0) is 12.8 Å². The molecule has 5 nitrogen and oxygen atoms in total. The largest absolute Gasteiger partial charge is 0.379 e. The van der Waals surface area contributed by atoms with Crippen LogP contribution in [-0.2, 0) is 9.30 Å². The maximum atomic E-state index is 13.9. The van der Waals surface area contributed by atoms with Crippen LogP contribution in [0, 0.1) is 0 Å². The molecule has 0 amide bonds. The topological polar surface area (TPSA) is 44.8 Å². The minimum Gasteiger partial charge on any atom is -0.379 e. The summed E-state index contributed by atoms with van der Waals surface area (Å²) < 4.78 is 23.3. The van der Waals surface area contributed by atoms with E-state index >= 15 is 0 Å². The lowest BCUT2D eigenvalue weighted by Gasteiger charge is -2.42. The Morgan fingerprint density at radius 1 is 1.09 bits per heavy atom. The summed E-state index contributed by atoms with van der Waals surface area (Å²) in [5, 5.41) is 3.51. The van der Waals surface area contributed by atoms with E-state index in [0.29, 0.717) is 57.2 Å². The second kappa shape index (κ2) is 9.83. The molecular weight excluding hydrogens is 344 g/mol. The minimum atomic E-state index is -2.84. The van der Waals surface area contributed by atoms with E-state index in [1.54, 1.807) is 0 Å². The number of hydrogen-bond donors (Lipinski definition) is 1. The van der Waals surface area contributed by atoms with Gasteiger partial charge in [-0.3, -0.25) is 4.57 Å². The van der Waals surface area contributed by atoms with E-state index in [0.717, 1.165) is 12.8 Å². The lowest BCUT2D eigenvalue weighted by Crippen LogP contribution is -2.47. The van der Waals surface area contributed by atoms with Crippen LogP contribution in [0.5, 0.6) is 0 Å². The molecule has 1 N–H and O–H groups in total. The summed E-state index contributed by atoms with van der Waals surface area (Å²) in [6, 6.07) is 0.329. The Morgan fingerprint density at radius 2 is 1.68 bits per heavy atom. The molecule has 2 fully saturated rings. The number of nitrogens with zero attached hydrogens (tertiary/aromatic N) is 2. The third-order valence-corrected chi connectivity index (χ3v) is 7.77. The van der Waals surface area contributed by atoms with E-state index in [1.165, 1.54) is 19.3 Å². The molecule has 130 valence electrons. The van der Waals surface area contributed by atoms with Gasteiger partial charge < -0.3 is 4.74 Å². The SMILES string of the molecule is O=P(NC1CCCCC1)(N(CCCl)CCCl)N1CCOCC1. The molecule has 2 aliphatic rings. The molecule has 8 heteroatoms. The first-order valence-corrected chi connectivity index (χ1v) is 11.0. The molecule has 0 aromatic carbocycles. The molecule has 22 heavy (non-hydrogen) atoms. The van der Waals surface area contributed by atoms with Gasteiger partial charge in [-0.2, -0.15) is 0 Å². The second-order valence-corrected chi connectivity index (χ2v) is 9.14. The second-order valence-electron chi connectivity index (χ2n) is 5.91. The van der Waals surface area contributed by atoms with Gasteiger partial charge in [0.05, 0.1) is 13.2 Å². The van der Waals surface area contributed by atoms with Crippen molar-refractivity contribution in [1.82, 2.24) is 14.4 Å². The first-order valence-electron chi connectivity index (χ1n) is 8.29. The summed E-state index contributed by atoms with van der Waals surface area (Å²) in [4.78, 5) is 0. The average molecular weight is 372 g/mol. The van der Waals surface area contributed by atoms with Gasteiger partial charge in [0.15, 0.2) is 0 Å². The Bertz CT molecular complexity index is 358. The Hall–Kier alpha value is 0.650. The van der Waals surface area contributed by atoms with Crippen LogP contribution in [0.25, 0.3) is 0 Å². The van der Waals surface area contributed by atoms with Gasteiger partial charge in [0, 0.05) is 44.0 Å². The van der Waals surface area contributed by atoms with Gasteiger partial charge in [0.2, 0.25) is 0 Å². The van der Waals surface area contributed by atoms with Crippen LogP contribution >= 0.6 is 30.8 Å². The third kappa shape index (κ3) is 5.07. The van der Waals surface area contributed by atoms with E-state index in [2.05, 4.69) is 9.76 Å². The van der Waals surface area contributed by atoms with Gasteiger partial charge in [0.25, 0.3) is 7.59 Å². The fraction of sp³-hybridized carbons (Fsp3) is 1.00. The molecule has 2 rings (SSSR count). The number of morpholine rings is 1. The predicted molar refractivity (Wildman–Crippen MR) is 93.0 cm³/mol. The Morgan fingerprint density at radius 3 is 2.23 bits per heavy atom. The van der Waals surface area contributed by atoms with Crippen LogP contribution in [0.4, 0.5) is 0 Å². The summed E-state index contributed by atoms with van der Waals surface area (Å²) >= 11 is 11.9. The maximum absolute atomic E-state index is 13.9. The van der Waals surface area contributed by atoms with Crippen LogP contribution in [0.15, 0.2) is 0 Å². The lowest BCUT2D eigenvalue weighted by atomic mass is 9.96. The molecule has 0 radical (unpaired) electrons. The Balaban J connectivity index is 2.14. The quantitative estimate of drug-likeness (QED) is 0.524. The highest BCUT2D eigenvalue weighted by atomic mass is 35.5. The third-order valence-electron chi connectivity index (χ3n) is 4.40. The van der Waals surface area contributed by atoms with Gasteiger partial charge in [-0.15, -0.1) is 23.2 Å². The fourth-order valence-electron chi connectivity index (χ4n) is 3.21. The normalized spacial score (nSPS) is 24.5. The zero-order valence-corrected chi connectivity index (χ0v) is 15.6. The summed E-state index contributed by atoms with van der Waals surface area (Å²) in [5.74, 6) is 0.912. The number of nitrogens with one attached hydrogen (secondary N) is 1. The number of ether oxygens (including phenoxy) is 1. The molecule has 1 unspecified atom stereocenters. The molecule has 0 bridgehead atoms. The van der Waals surface area contributed by atoms with E-state index in [1.807, 2.05) is 4.67 Å². The lowest BCUT2D eigenvalue weighted by molar-refractivity contribution is 0.0676. The van der Waals surface area contributed by atoms with Crippen LogP contribution in [0.3, 0.4) is 0 Å². The van der Waals surface area contributed by atoms with E-state index in [-0.39, 0.29) is 0 Å². The molecule has 1 saturated carbocycles. The molecule has 1 saturated heterocycles. The van der Waals surface area contributed by atoms with Gasteiger partial charge in [-0.1, -0.05) is 19.3 Å². The molecule has 0 spiro atoms. The molecule has 1 heterocycles. The standard InChI is InChI=1S/C14H28Cl2N3O2P/c15-6-8-18(9-7-16)22(20,19-10-12-21-13-11-19)17-14-4-2-1-3-5-14/h14H,1-13H2,(H,17,20). The number of hydrogen-bond acceptors (Lipinski definition) is 2. The highest BCUT2D eigenvalue weighted by Gasteiger charge is 2.39. The smallest absolute Gasteiger partial charge is 0.284 e. The predicted octanol–water partition coefficient (Wildman–Crippen LogP) is 3.13. The van der Waals surface area contributed by atoms with E-state index in [4.69, 9.17) is 27.9 Å². The first-order chi connectivity index (χ1) is 10.7. The number of alkyl halides is 2. The summed E-state index contributed by atoms with van der Waals surface area (Å²) in [7, 11) is -2.84. The molecule has 0 aromatic heterocycles. The van der Waals surface area contributed by atoms with Crippen LogP contribution < -0.4 is 5.09 Å². The Labute approximate surface area is 144 Å². The maximum Gasteiger partial charge on any atom is 0.284 e. The van der Waals surface area contributed by atoms with Crippen molar-refractivity contribution >= 4 is 30.8 Å². The summed E-state index contributed by atoms with van der Waals surface area (Å²) in [6.07, 6.45) is 5.92. The van der Waals surface area contributed by atoms with E-state index < -0.39 is 7.59 Å². The number of halogens is 2. The zero-order valence-electron chi connectivity index (χ0n) is 13.2. The highest BCUT2D eigenvalue weighted by Crippen LogP contribution is 2.50. The van der Waals surface area contributed by atoms with Crippen molar-refractivity contribution in [2.75, 3.05) is 51.2 Å². The first kappa shape index (κ1) is 19.0.